The lowest BCUT2D eigenvalue weighted by Gasteiger charge is -2.20. The van der Waals surface area contributed by atoms with Crippen molar-refractivity contribution in [1.29, 1.82) is 0 Å². The second-order valence-corrected chi connectivity index (χ2v) is 6.94. The number of carbonyl (C=O) groups excluding carboxylic acids is 1. The van der Waals surface area contributed by atoms with E-state index in [0.29, 0.717) is 17.1 Å². The molecule has 2 aromatic rings. The zero-order valence-corrected chi connectivity index (χ0v) is 18.1. The molecule has 0 aliphatic carbocycles. The summed E-state index contributed by atoms with van der Waals surface area (Å²) in [7, 11) is 5.56. The number of anilines is 1. The topological polar surface area (TPSA) is 125 Å². The highest BCUT2D eigenvalue weighted by atomic mass is 35.5. The quantitative estimate of drug-likeness (QED) is 0.542. The van der Waals surface area contributed by atoms with Crippen molar-refractivity contribution in [2.24, 2.45) is 0 Å². The van der Waals surface area contributed by atoms with Gasteiger partial charge >= 0.3 is 18.0 Å². The van der Waals surface area contributed by atoms with Crippen LogP contribution in [0.25, 0.3) is 0 Å². The Balaban J connectivity index is 0.000000703. The monoisotopic (exact) mass is 452 g/mol. The van der Waals surface area contributed by atoms with E-state index >= 15 is 0 Å². The summed E-state index contributed by atoms with van der Waals surface area (Å²) in [6.07, 6.45) is -0.160. The van der Waals surface area contributed by atoms with Crippen molar-refractivity contribution < 1.29 is 34.1 Å². The van der Waals surface area contributed by atoms with Crippen molar-refractivity contribution in [2.45, 2.75) is 12.5 Å². The zero-order valence-electron chi connectivity index (χ0n) is 17.4. The Morgan fingerprint density at radius 1 is 1.00 bits per heavy atom. The Morgan fingerprint density at radius 3 is 2.00 bits per heavy atom. The van der Waals surface area contributed by atoms with Crippen LogP contribution in [0, 0.1) is 0 Å². The summed E-state index contributed by atoms with van der Waals surface area (Å²) in [5, 5.41) is 18.2. The van der Waals surface area contributed by atoms with Crippen molar-refractivity contribution in [3.05, 3.63) is 59.1 Å². The summed E-state index contributed by atoms with van der Waals surface area (Å²) in [6.45, 7) is 0.795. The molecule has 1 amide bonds. The summed E-state index contributed by atoms with van der Waals surface area (Å²) in [4.78, 5) is 32.5. The van der Waals surface area contributed by atoms with Gasteiger partial charge in [-0.3, -0.25) is 5.32 Å². The highest BCUT2D eigenvalue weighted by molar-refractivity contribution is 6.30. The fourth-order valence-corrected chi connectivity index (χ4v) is 2.42. The number of ether oxygens (including phenoxy) is 2. The van der Waals surface area contributed by atoms with E-state index in [0.717, 1.165) is 17.9 Å². The molecule has 2 aromatic carbocycles. The number of benzene rings is 2. The average Bonchev–Trinajstić information content (AvgIpc) is 2.72. The van der Waals surface area contributed by atoms with Crippen LogP contribution in [-0.4, -0.2) is 60.9 Å². The second kappa shape index (κ2) is 13.1. The van der Waals surface area contributed by atoms with Crippen LogP contribution in [0.1, 0.15) is 18.1 Å². The van der Waals surface area contributed by atoms with Crippen LogP contribution in [-0.2, 0) is 14.3 Å². The van der Waals surface area contributed by atoms with E-state index in [1.54, 1.807) is 43.5 Å². The lowest BCUT2D eigenvalue weighted by molar-refractivity contribution is -0.159. The molecule has 3 N–H and O–H groups in total. The van der Waals surface area contributed by atoms with Crippen LogP contribution < -0.4 is 10.1 Å². The fourth-order valence-electron chi connectivity index (χ4n) is 2.30. The van der Waals surface area contributed by atoms with E-state index < -0.39 is 18.0 Å². The molecule has 0 saturated carbocycles. The van der Waals surface area contributed by atoms with Crippen LogP contribution in [0.4, 0.5) is 10.5 Å². The Labute approximate surface area is 185 Å². The molecule has 0 saturated heterocycles. The molecule has 0 aliphatic rings. The van der Waals surface area contributed by atoms with Gasteiger partial charge in [0.1, 0.15) is 11.9 Å². The summed E-state index contributed by atoms with van der Waals surface area (Å²) in [5.41, 5.74) is 1.56. The number of hydrogen-bond donors (Lipinski definition) is 3. The summed E-state index contributed by atoms with van der Waals surface area (Å²) >= 11 is 5.94. The molecule has 168 valence electrons. The van der Waals surface area contributed by atoms with Gasteiger partial charge in [0.15, 0.2) is 0 Å². The predicted octanol–water partition coefficient (Wildman–Crippen LogP) is 3.75. The lowest BCUT2D eigenvalue weighted by Crippen LogP contribution is -2.21. The number of amides is 1. The van der Waals surface area contributed by atoms with Crippen LogP contribution >= 0.6 is 11.6 Å². The minimum Gasteiger partial charge on any atom is -0.497 e. The number of hydrogen-bond acceptors (Lipinski definition) is 6. The highest BCUT2D eigenvalue weighted by Crippen LogP contribution is 2.24. The molecule has 1 unspecified atom stereocenters. The number of nitrogens with zero attached hydrogens (tertiary/aromatic N) is 1. The molecule has 0 heterocycles. The summed E-state index contributed by atoms with van der Waals surface area (Å²) < 4.78 is 10.7. The maximum atomic E-state index is 12.3. The Kier molecular flexibility index (Phi) is 10.9. The summed E-state index contributed by atoms with van der Waals surface area (Å²) in [6, 6.07) is 14.4. The third-order valence-electron chi connectivity index (χ3n) is 3.85. The number of methoxy groups -OCH3 is 1. The first-order valence-electron chi connectivity index (χ1n) is 9.10. The van der Waals surface area contributed by atoms with Gasteiger partial charge in [0.2, 0.25) is 0 Å². The average molecular weight is 453 g/mol. The molecule has 2 rings (SSSR count). The van der Waals surface area contributed by atoms with Crippen molar-refractivity contribution >= 4 is 35.3 Å². The molecule has 10 heteroatoms. The third-order valence-corrected chi connectivity index (χ3v) is 4.10. The van der Waals surface area contributed by atoms with Crippen LogP contribution in [0.2, 0.25) is 5.02 Å². The standard InChI is InChI=1S/C19H23ClN2O3.C2H2O4/c1-22(2)13-12-18(14-4-6-15(20)7-5-14)25-19(23)21-16-8-10-17(24-3)11-9-16;3-1(4)2(5)6/h4-11,18H,12-13H2,1-3H3,(H,21,23);(H,3,4)(H,5,6). The third kappa shape index (κ3) is 10.3. The largest absolute Gasteiger partial charge is 0.497 e. The molecule has 0 radical (unpaired) electrons. The van der Waals surface area contributed by atoms with Gasteiger partial charge in [-0.05, 0) is 56.1 Å². The first-order chi connectivity index (χ1) is 14.6. The molecular weight excluding hydrogens is 428 g/mol. The molecule has 0 aliphatic heterocycles. The first-order valence-corrected chi connectivity index (χ1v) is 9.48. The molecule has 31 heavy (non-hydrogen) atoms. The SMILES string of the molecule is COc1ccc(NC(=O)OC(CCN(C)C)c2ccc(Cl)cc2)cc1.O=C(O)C(=O)O. The molecule has 0 fully saturated rings. The number of carbonyl (C=O) groups is 3. The smallest absolute Gasteiger partial charge is 0.414 e. The fraction of sp³-hybridized carbons (Fsp3) is 0.286. The van der Waals surface area contributed by atoms with Crippen LogP contribution in [0.5, 0.6) is 5.75 Å². The zero-order chi connectivity index (χ0) is 23.4. The Morgan fingerprint density at radius 2 is 1.55 bits per heavy atom. The van der Waals surface area contributed by atoms with E-state index in [4.69, 9.17) is 40.9 Å². The van der Waals surface area contributed by atoms with Gasteiger partial charge in [0.05, 0.1) is 7.11 Å². The molecule has 0 spiro atoms. The summed E-state index contributed by atoms with van der Waals surface area (Å²) in [5.74, 6) is -2.92. The van der Waals surface area contributed by atoms with Crippen molar-refractivity contribution in [3.63, 3.8) is 0 Å². The number of nitrogens with one attached hydrogen (secondary N) is 1. The van der Waals surface area contributed by atoms with Gasteiger partial charge in [-0.25, -0.2) is 14.4 Å². The van der Waals surface area contributed by atoms with Crippen molar-refractivity contribution in [2.75, 3.05) is 33.1 Å². The minimum absolute atomic E-state index is 0.349. The number of aliphatic carboxylic acids is 2. The molecule has 1 atom stereocenters. The Hall–Kier alpha value is -3.30. The second-order valence-electron chi connectivity index (χ2n) is 6.50. The van der Waals surface area contributed by atoms with Gasteiger partial charge in [0.25, 0.3) is 0 Å². The first kappa shape index (κ1) is 25.7. The van der Waals surface area contributed by atoms with E-state index in [9.17, 15) is 4.79 Å². The maximum Gasteiger partial charge on any atom is 0.414 e. The van der Waals surface area contributed by atoms with E-state index in [1.165, 1.54) is 0 Å². The minimum atomic E-state index is -1.82. The van der Waals surface area contributed by atoms with Gasteiger partial charge < -0.3 is 24.6 Å². The van der Waals surface area contributed by atoms with Crippen LogP contribution in [0.15, 0.2) is 48.5 Å². The van der Waals surface area contributed by atoms with E-state index in [2.05, 4.69) is 5.32 Å². The van der Waals surface area contributed by atoms with Gasteiger partial charge in [-0.1, -0.05) is 23.7 Å². The molecular formula is C21H25ClN2O7. The highest BCUT2D eigenvalue weighted by Gasteiger charge is 2.17. The lowest BCUT2D eigenvalue weighted by atomic mass is 10.1. The number of halogens is 1. The molecule has 0 bridgehead atoms. The van der Waals surface area contributed by atoms with Gasteiger partial charge in [-0.2, -0.15) is 0 Å². The number of carboxylic acid groups (broad SMARTS) is 2. The number of carboxylic acids is 2. The number of rotatable bonds is 7. The molecule has 9 nitrogen and oxygen atoms in total. The van der Waals surface area contributed by atoms with Gasteiger partial charge in [0, 0.05) is 23.7 Å². The van der Waals surface area contributed by atoms with E-state index in [1.807, 2.05) is 31.1 Å². The van der Waals surface area contributed by atoms with Crippen molar-refractivity contribution in [1.82, 2.24) is 4.90 Å². The van der Waals surface area contributed by atoms with Crippen molar-refractivity contribution in [3.8, 4) is 5.75 Å². The van der Waals surface area contributed by atoms with Gasteiger partial charge in [-0.15, -0.1) is 0 Å². The normalized spacial score (nSPS) is 11.0. The Bertz CT molecular complexity index is 843. The van der Waals surface area contributed by atoms with E-state index in [-0.39, 0.29) is 6.10 Å². The van der Waals surface area contributed by atoms with Crippen LogP contribution in [0.3, 0.4) is 0 Å². The predicted molar refractivity (Wildman–Crippen MR) is 116 cm³/mol. The maximum absolute atomic E-state index is 12.3. The molecule has 0 aromatic heterocycles.